The molecule has 0 radical (unpaired) electrons. The topological polar surface area (TPSA) is 69.7 Å². The second-order valence-corrected chi connectivity index (χ2v) is 7.14. The maximum absolute atomic E-state index is 13.1. The molecule has 0 bridgehead atoms. The van der Waals surface area contributed by atoms with Gasteiger partial charge in [0.05, 0.1) is 0 Å². The molecule has 2 aromatic carbocycles. The number of carbonyl (C=O) groups is 3. The highest BCUT2D eigenvalue weighted by Gasteiger charge is 2.52. The standard InChI is InChI=1S/C21H21N3O3/c1-23(17-9-3-2-4-10-17)18(25)14-24-19(26)21(22-20(24)27)12-11-15-7-5-6-8-16(15)13-21/h2-10H,11-14H2,1H3,(H,22,27). The number of likely N-dealkylation sites (N-methyl/N-ethyl adjacent to an activating group) is 1. The zero-order valence-corrected chi connectivity index (χ0v) is 15.1. The minimum atomic E-state index is -0.933. The summed E-state index contributed by atoms with van der Waals surface area (Å²) in [6.45, 7) is -0.264. The number of nitrogens with zero attached hydrogens (tertiary/aromatic N) is 2. The fourth-order valence-corrected chi connectivity index (χ4v) is 3.88. The number of imide groups is 1. The van der Waals surface area contributed by atoms with E-state index < -0.39 is 11.6 Å². The molecule has 4 rings (SSSR count). The summed E-state index contributed by atoms with van der Waals surface area (Å²) in [6.07, 6.45) is 1.74. The average Bonchev–Trinajstić information content (AvgIpc) is 2.91. The predicted molar refractivity (Wildman–Crippen MR) is 101 cm³/mol. The maximum atomic E-state index is 13.1. The number of amides is 4. The number of urea groups is 1. The van der Waals surface area contributed by atoms with Crippen LogP contribution in [0.3, 0.4) is 0 Å². The molecular formula is C21H21N3O3. The SMILES string of the molecule is CN(C(=O)CN1C(=O)NC2(CCc3ccccc3C2)C1=O)c1ccccc1. The van der Waals surface area contributed by atoms with Crippen LogP contribution in [0.4, 0.5) is 10.5 Å². The van der Waals surface area contributed by atoms with Gasteiger partial charge in [-0.15, -0.1) is 0 Å². The first-order valence-electron chi connectivity index (χ1n) is 9.03. The van der Waals surface area contributed by atoms with Crippen LogP contribution in [-0.4, -0.2) is 41.9 Å². The molecule has 1 unspecified atom stereocenters. The molecule has 1 atom stereocenters. The van der Waals surface area contributed by atoms with E-state index in [1.54, 1.807) is 7.05 Å². The lowest BCUT2D eigenvalue weighted by atomic mass is 9.78. The molecule has 1 fully saturated rings. The molecule has 1 saturated heterocycles. The number of hydrogen-bond donors (Lipinski definition) is 1. The molecule has 138 valence electrons. The third-order valence-corrected chi connectivity index (χ3v) is 5.49. The van der Waals surface area contributed by atoms with Crippen molar-refractivity contribution >= 4 is 23.5 Å². The molecule has 1 heterocycles. The Kier molecular flexibility index (Phi) is 4.18. The Balaban J connectivity index is 1.51. The first-order chi connectivity index (χ1) is 13.0. The molecule has 4 amide bonds. The first-order valence-corrected chi connectivity index (χ1v) is 9.03. The van der Waals surface area contributed by atoms with Crippen LogP contribution >= 0.6 is 0 Å². The van der Waals surface area contributed by atoms with Gasteiger partial charge in [-0.05, 0) is 36.1 Å². The van der Waals surface area contributed by atoms with E-state index in [0.29, 0.717) is 12.8 Å². The minimum absolute atomic E-state index is 0.264. The lowest BCUT2D eigenvalue weighted by Gasteiger charge is -2.32. The molecule has 6 nitrogen and oxygen atoms in total. The summed E-state index contributed by atoms with van der Waals surface area (Å²) >= 11 is 0. The Bertz CT molecular complexity index is 912. The lowest BCUT2D eigenvalue weighted by molar-refractivity contribution is -0.134. The Labute approximate surface area is 157 Å². The third-order valence-electron chi connectivity index (χ3n) is 5.49. The lowest BCUT2D eigenvalue weighted by Crippen LogP contribution is -2.51. The fraction of sp³-hybridized carbons (Fsp3) is 0.286. The summed E-state index contributed by atoms with van der Waals surface area (Å²) in [4.78, 5) is 40.7. The second-order valence-electron chi connectivity index (χ2n) is 7.14. The van der Waals surface area contributed by atoms with Crippen LogP contribution < -0.4 is 10.2 Å². The summed E-state index contributed by atoms with van der Waals surface area (Å²) in [5.74, 6) is -0.616. The Morgan fingerprint density at radius 1 is 1.07 bits per heavy atom. The Morgan fingerprint density at radius 3 is 2.48 bits per heavy atom. The average molecular weight is 363 g/mol. The van der Waals surface area contributed by atoms with E-state index in [4.69, 9.17) is 0 Å². The highest BCUT2D eigenvalue weighted by atomic mass is 16.2. The van der Waals surface area contributed by atoms with Gasteiger partial charge < -0.3 is 10.2 Å². The molecule has 1 aliphatic carbocycles. The predicted octanol–water partition coefficient (Wildman–Crippen LogP) is 2.13. The van der Waals surface area contributed by atoms with Gasteiger partial charge in [0.1, 0.15) is 12.1 Å². The van der Waals surface area contributed by atoms with Gasteiger partial charge in [0.25, 0.3) is 5.91 Å². The highest BCUT2D eigenvalue weighted by Crippen LogP contribution is 2.33. The number of carbonyl (C=O) groups excluding carboxylic acids is 3. The number of para-hydroxylation sites is 1. The van der Waals surface area contributed by atoms with Gasteiger partial charge in [-0.25, -0.2) is 4.79 Å². The van der Waals surface area contributed by atoms with Crippen LogP contribution in [0.2, 0.25) is 0 Å². The molecule has 0 aromatic heterocycles. The van der Waals surface area contributed by atoms with E-state index >= 15 is 0 Å². The van der Waals surface area contributed by atoms with Crippen molar-refractivity contribution in [3.05, 3.63) is 65.7 Å². The molecular weight excluding hydrogens is 342 g/mol. The van der Waals surface area contributed by atoms with Crippen LogP contribution in [0.1, 0.15) is 17.5 Å². The number of anilines is 1. The van der Waals surface area contributed by atoms with Gasteiger partial charge in [-0.3, -0.25) is 14.5 Å². The Morgan fingerprint density at radius 2 is 1.74 bits per heavy atom. The van der Waals surface area contributed by atoms with Crippen LogP contribution in [0.15, 0.2) is 54.6 Å². The van der Waals surface area contributed by atoms with Gasteiger partial charge in [0.2, 0.25) is 5.91 Å². The quantitative estimate of drug-likeness (QED) is 0.850. The van der Waals surface area contributed by atoms with Crippen LogP contribution in [0, 0.1) is 0 Å². The van der Waals surface area contributed by atoms with Crippen LogP contribution in [0.5, 0.6) is 0 Å². The number of hydrogen-bond acceptors (Lipinski definition) is 3. The molecule has 2 aliphatic rings. The molecule has 1 N–H and O–H groups in total. The van der Waals surface area contributed by atoms with Crippen molar-refractivity contribution in [1.29, 1.82) is 0 Å². The molecule has 2 aromatic rings. The van der Waals surface area contributed by atoms with Gasteiger partial charge in [-0.2, -0.15) is 0 Å². The summed E-state index contributed by atoms with van der Waals surface area (Å²) < 4.78 is 0. The van der Waals surface area contributed by atoms with E-state index in [2.05, 4.69) is 11.4 Å². The Hall–Kier alpha value is -3.15. The first kappa shape index (κ1) is 17.3. The summed E-state index contributed by atoms with van der Waals surface area (Å²) in [6, 6.07) is 16.6. The number of nitrogens with one attached hydrogen (secondary N) is 1. The van der Waals surface area contributed by atoms with Crippen molar-refractivity contribution in [1.82, 2.24) is 10.2 Å². The van der Waals surface area contributed by atoms with E-state index in [1.807, 2.05) is 48.5 Å². The van der Waals surface area contributed by atoms with Crippen molar-refractivity contribution in [2.45, 2.75) is 24.8 Å². The highest BCUT2D eigenvalue weighted by molar-refractivity contribution is 6.10. The molecule has 0 saturated carbocycles. The van der Waals surface area contributed by atoms with Crippen molar-refractivity contribution < 1.29 is 14.4 Å². The van der Waals surface area contributed by atoms with E-state index in [1.165, 1.54) is 10.5 Å². The molecule has 6 heteroatoms. The number of aryl methyl sites for hydroxylation is 1. The fourth-order valence-electron chi connectivity index (χ4n) is 3.88. The number of benzene rings is 2. The monoisotopic (exact) mass is 363 g/mol. The van der Waals surface area contributed by atoms with Gasteiger partial charge in [-0.1, -0.05) is 42.5 Å². The van der Waals surface area contributed by atoms with E-state index in [0.717, 1.165) is 22.6 Å². The smallest absolute Gasteiger partial charge is 0.323 e. The normalized spacial score (nSPS) is 21.1. The zero-order valence-electron chi connectivity index (χ0n) is 15.1. The molecule has 27 heavy (non-hydrogen) atoms. The summed E-state index contributed by atoms with van der Waals surface area (Å²) in [5, 5.41) is 2.86. The van der Waals surface area contributed by atoms with E-state index in [9.17, 15) is 14.4 Å². The molecule has 1 spiro atoms. The number of rotatable bonds is 3. The summed E-state index contributed by atoms with van der Waals surface area (Å²) in [7, 11) is 1.64. The summed E-state index contributed by atoms with van der Waals surface area (Å²) in [5.41, 5.74) is 2.07. The van der Waals surface area contributed by atoms with Crippen LogP contribution in [-0.2, 0) is 22.4 Å². The second kappa shape index (κ2) is 6.54. The van der Waals surface area contributed by atoms with Crippen molar-refractivity contribution in [3.8, 4) is 0 Å². The van der Waals surface area contributed by atoms with Gasteiger partial charge in [0, 0.05) is 19.2 Å². The van der Waals surface area contributed by atoms with E-state index in [-0.39, 0.29) is 18.4 Å². The third kappa shape index (κ3) is 2.97. The molecule has 1 aliphatic heterocycles. The van der Waals surface area contributed by atoms with Crippen molar-refractivity contribution in [3.63, 3.8) is 0 Å². The zero-order chi connectivity index (χ0) is 19.0. The maximum Gasteiger partial charge on any atom is 0.325 e. The number of fused-ring (bicyclic) bond motifs is 1. The van der Waals surface area contributed by atoms with Crippen molar-refractivity contribution in [2.24, 2.45) is 0 Å². The van der Waals surface area contributed by atoms with Gasteiger partial charge >= 0.3 is 6.03 Å². The van der Waals surface area contributed by atoms with Crippen LogP contribution in [0.25, 0.3) is 0 Å². The minimum Gasteiger partial charge on any atom is -0.323 e. The van der Waals surface area contributed by atoms with Gasteiger partial charge in [0.15, 0.2) is 0 Å². The largest absolute Gasteiger partial charge is 0.325 e. The van der Waals surface area contributed by atoms with Crippen molar-refractivity contribution in [2.75, 3.05) is 18.5 Å².